The third-order valence-electron chi connectivity index (χ3n) is 4.10. The number of ether oxygens (including phenoxy) is 1. The van der Waals surface area contributed by atoms with Gasteiger partial charge in [-0.2, -0.15) is 0 Å². The van der Waals surface area contributed by atoms with Gasteiger partial charge >= 0.3 is 5.97 Å². The molecule has 1 aliphatic rings. The summed E-state index contributed by atoms with van der Waals surface area (Å²) in [6.07, 6.45) is 3.55. The van der Waals surface area contributed by atoms with Gasteiger partial charge in [-0.25, -0.2) is 0 Å². The van der Waals surface area contributed by atoms with E-state index in [1.165, 1.54) is 11.1 Å². The van der Waals surface area contributed by atoms with Crippen LogP contribution in [0.3, 0.4) is 0 Å². The molecule has 0 heterocycles. The third kappa shape index (κ3) is 3.31. The number of aryl methyl sites for hydroxylation is 1. The first-order valence-corrected chi connectivity index (χ1v) is 7.28. The molecule has 4 heteroatoms. The van der Waals surface area contributed by atoms with E-state index in [2.05, 4.69) is 24.0 Å². The molecule has 1 aromatic carbocycles. The highest BCUT2D eigenvalue weighted by atomic mass is 16.5. The van der Waals surface area contributed by atoms with E-state index >= 15 is 0 Å². The maximum absolute atomic E-state index is 10.8. The molecule has 0 spiro atoms. The summed E-state index contributed by atoms with van der Waals surface area (Å²) < 4.78 is 5.33. The van der Waals surface area contributed by atoms with Crippen molar-refractivity contribution in [1.82, 2.24) is 4.90 Å². The number of fused-ring (bicyclic) bond motifs is 1. The molecule has 0 aromatic heterocycles. The van der Waals surface area contributed by atoms with Gasteiger partial charge in [0.2, 0.25) is 0 Å². The SMILES string of the molecule is CCN(CCC(=O)O)C1CCCc2ccc(OC)cc21. The average Bonchev–Trinajstić information content (AvgIpc) is 2.47. The van der Waals surface area contributed by atoms with Crippen LogP contribution in [0.2, 0.25) is 0 Å². The van der Waals surface area contributed by atoms with Crippen molar-refractivity contribution in [2.75, 3.05) is 20.2 Å². The Morgan fingerprint density at radius 2 is 2.30 bits per heavy atom. The van der Waals surface area contributed by atoms with E-state index in [9.17, 15) is 4.79 Å². The third-order valence-corrected chi connectivity index (χ3v) is 4.10. The second-order valence-electron chi connectivity index (χ2n) is 5.25. The van der Waals surface area contributed by atoms with Gasteiger partial charge < -0.3 is 9.84 Å². The predicted molar refractivity (Wildman–Crippen MR) is 78.2 cm³/mol. The van der Waals surface area contributed by atoms with Gasteiger partial charge in [-0.3, -0.25) is 9.69 Å². The molecule has 20 heavy (non-hydrogen) atoms. The van der Waals surface area contributed by atoms with Gasteiger partial charge in [0.05, 0.1) is 13.5 Å². The molecule has 1 aliphatic carbocycles. The number of aliphatic carboxylic acids is 1. The molecular weight excluding hydrogens is 254 g/mol. The Labute approximate surface area is 120 Å². The lowest BCUT2D eigenvalue weighted by Gasteiger charge is -2.35. The Hall–Kier alpha value is -1.55. The van der Waals surface area contributed by atoms with E-state index in [4.69, 9.17) is 9.84 Å². The van der Waals surface area contributed by atoms with Gasteiger partial charge in [0.15, 0.2) is 0 Å². The number of hydrogen-bond acceptors (Lipinski definition) is 3. The van der Waals surface area contributed by atoms with Crippen LogP contribution in [0, 0.1) is 0 Å². The highest BCUT2D eigenvalue weighted by Crippen LogP contribution is 2.36. The van der Waals surface area contributed by atoms with E-state index in [1.54, 1.807) is 7.11 Å². The van der Waals surface area contributed by atoms with Crippen molar-refractivity contribution in [3.8, 4) is 5.75 Å². The summed E-state index contributed by atoms with van der Waals surface area (Å²) in [4.78, 5) is 13.1. The van der Waals surface area contributed by atoms with Crippen molar-refractivity contribution in [3.63, 3.8) is 0 Å². The van der Waals surface area contributed by atoms with Crippen LogP contribution in [0.25, 0.3) is 0 Å². The molecule has 4 nitrogen and oxygen atoms in total. The zero-order valence-corrected chi connectivity index (χ0v) is 12.3. The van der Waals surface area contributed by atoms with Crippen molar-refractivity contribution in [2.45, 2.75) is 38.6 Å². The standard InChI is InChI=1S/C16H23NO3/c1-3-17(10-9-16(18)19)15-6-4-5-12-7-8-13(20-2)11-14(12)15/h7-8,11,15H,3-6,9-10H2,1-2H3,(H,18,19). The molecule has 1 N–H and O–H groups in total. The molecule has 0 fully saturated rings. The monoisotopic (exact) mass is 277 g/mol. The number of benzene rings is 1. The maximum Gasteiger partial charge on any atom is 0.304 e. The highest BCUT2D eigenvalue weighted by molar-refractivity contribution is 5.66. The number of carbonyl (C=O) groups is 1. The summed E-state index contributed by atoms with van der Waals surface area (Å²) in [7, 11) is 1.68. The molecule has 1 unspecified atom stereocenters. The number of carboxylic acids is 1. The Bertz CT molecular complexity index is 473. The van der Waals surface area contributed by atoms with E-state index in [-0.39, 0.29) is 6.42 Å². The normalized spacial score (nSPS) is 17.9. The van der Waals surface area contributed by atoms with Crippen molar-refractivity contribution in [1.29, 1.82) is 0 Å². The lowest BCUT2D eigenvalue weighted by Crippen LogP contribution is -2.33. The molecule has 110 valence electrons. The van der Waals surface area contributed by atoms with Crippen LogP contribution in [0.1, 0.15) is 43.4 Å². The fourth-order valence-electron chi connectivity index (χ4n) is 3.03. The van der Waals surface area contributed by atoms with E-state index in [1.807, 2.05) is 6.07 Å². The molecular formula is C16H23NO3. The van der Waals surface area contributed by atoms with Crippen LogP contribution in [0.15, 0.2) is 18.2 Å². The zero-order chi connectivity index (χ0) is 14.5. The number of methoxy groups -OCH3 is 1. The first kappa shape index (κ1) is 14.9. The number of hydrogen-bond donors (Lipinski definition) is 1. The number of carboxylic acid groups (broad SMARTS) is 1. The van der Waals surface area contributed by atoms with Gasteiger partial charge in [-0.05, 0) is 49.1 Å². The van der Waals surface area contributed by atoms with Gasteiger partial charge in [0.1, 0.15) is 5.75 Å². The molecule has 1 aromatic rings. The largest absolute Gasteiger partial charge is 0.497 e. The van der Waals surface area contributed by atoms with E-state index in [0.717, 1.165) is 31.6 Å². The summed E-state index contributed by atoms with van der Waals surface area (Å²) in [5.74, 6) is 0.148. The summed E-state index contributed by atoms with van der Waals surface area (Å²) in [5.41, 5.74) is 2.68. The molecule has 0 radical (unpaired) electrons. The van der Waals surface area contributed by atoms with Crippen molar-refractivity contribution >= 4 is 5.97 Å². The number of nitrogens with zero attached hydrogens (tertiary/aromatic N) is 1. The fourth-order valence-corrected chi connectivity index (χ4v) is 3.03. The minimum atomic E-state index is -0.731. The first-order chi connectivity index (χ1) is 9.65. The molecule has 0 saturated heterocycles. The molecule has 0 saturated carbocycles. The van der Waals surface area contributed by atoms with Gasteiger partial charge in [-0.1, -0.05) is 13.0 Å². The quantitative estimate of drug-likeness (QED) is 0.868. The van der Waals surface area contributed by atoms with E-state index < -0.39 is 5.97 Å². The highest BCUT2D eigenvalue weighted by Gasteiger charge is 2.25. The van der Waals surface area contributed by atoms with Crippen molar-refractivity contribution in [2.24, 2.45) is 0 Å². The zero-order valence-electron chi connectivity index (χ0n) is 12.3. The summed E-state index contributed by atoms with van der Waals surface area (Å²) in [6, 6.07) is 6.58. The second-order valence-corrected chi connectivity index (χ2v) is 5.25. The first-order valence-electron chi connectivity index (χ1n) is 7.28. The van der Waals surface area contributed by atoms with E-state index in [0.29, 0.717) is 12.6 Å². The smallest absolute Gasteiger partial charge is 0.304 e. The number of rotatable bonds is 6. The summed E-state index contributed by atoms with van der Waals surface area (Å²) in [5, 5.41) is 8.89. The summed E-state index contributed by atoms with van der Waals surface area (Å²) in [6.45, 7) is 3.57. The second kappa shape index (κ2) is 6.75. The minimum absolute atomic E-state index is 0.198. The molecule has 0 amide bonds. The van der Waals surface area contributed by atoms with Crippen LogP contribution >= 0.6 is 0 Å². The van der Waals surface area contributed by atoms with Crippen LogP contribution in [-0.2, 0) is 11.2 Å². The summed E-state index contributed by atoms with van der Waals surface area (Å²) >= 11 is 0. The topological polar surface area (TPSA) is 49.8 Å². The van der Waals surface area contributed by atoms with Crippen LogP contribution in [0.4, 0.5) is 0 Å². The lowest BCUT2D eigenvalue weighted by molar-refractivity contribution is -0.137. The van der Waals surface area contributed by atoms with Crippen LogP contribution in [0.5, 0.6) is 5.75 Å². The Kier molecular flexibility index (Phi) is 5.01. The average molecular weight is 277 g/mol. The Balaban J connectivity index is 2.22. The van der Waals surface area contributed by atoms with Gasteiger partial charge in [-0.15, -0.1) is 0 Å². The predicted octanol–water partition coefficient (Wildman–Crippen LogP) is 2.87. The fraction of sp³-hybridized carbons (Fsp3) is 0.562. The maximum atomic E-state index is 10.8. The minimum Gasteiger partial charge on any atom is -0.497 e. The van der Waals surface area contributed by atoms with Gasteiger partial charge in [0.25, 0.3) is 0 Å². The van der Waals surface area contributed by atoms with Crippen LogP contribution < -0.4 is 4.74 Å². The Morgan fingerprint density at radius 3 is 2.95 bits per heavy atom. The molecule has 1 atom stereocenters. The molecule has 0 bridgehead atoms. The van der Waals surface area contributed by atoms with Crippen LogP contribution in [-0.4, -0.2) is 36.2 Å². The van der Waals surface area contributed by atoms with Crippen molar-refractivity contribution in [3.05, 3.63) is 29.3 Å². The van der Waals surface area contributed by atoms with Crippen molar-refractivity contribution < 1.29 is 14.6 Å². The molecule has 2 rings (SSSR count). The lowest BCUT2D eigenvalue weighted by atomic mass is 9.86. The van der Waals surface area contributed by atoms with Gasteiger partial charge in [0, 0.05) is 12.6 Å². The Morgan fingerprint density at radius 1 is 1.50 bits per heavy atom. The molecule has 0 aliphatic heterocycles.